The minimum absolute atomic E-state index is 0.620. The Hall–Kier alpha value is -1.24. The summed E-state index contributed by atoms with van der Waals surface area (Å²) in [5, 5.41) is 14.7. The third kappa shape index (κ3) is 3.40. The molecule has 0 aliphatic carbocycles. The molecule has 0 fully saturated rings. The fourth-order valence-corrected chi connectivity index (χ4v) is 2.31. The predicted molar refractivity (Wildman–Crippen MR) is 76.8 cm³/mol. The fraction of sp³-hybridized carbons (Fsp3) is 0.385. The van der Waals surface area contributed by atoms with Crippen LogP contribution in [0, 0.1) is 0 Å². The van der Waals surface area contributed by atoms with Gasteiger partial charge in [-0.05, 0) is 42.2 Å². The van der Waals surface area contributed by atoms with Crippen LogP contribution in [0.1, 0.15) is 17.5 Å². The van der Waals surface area contributed by atoms with Crippen LogP contribution in [0.5, 0.6) is 0 Å². The van der Waals surface area contributed by atoms with Gasteiger partial charge in [-0.15, -0.1) is 0 Å². The smallest absolute Gasteiger partial charge is 0.139 e. The van der Waals surface area contributed by atoms with Gasteiger partial charge >= 0.3 is 0 Å². The summed E-state index contributed by atoms with van der Waals surface area (Å²) in [5.74, 6) is 0. The molecule has 0 aliphatic heterocycles. The number of nitrogens with zero attached hydrogens (tertiary/aromatic N) is 4. The second-order valence-corrected chi connectivity index (χ2v) is 5.42. The maximum Gasteiger partial charge on any atom is 0.139 e. The third-order valence-corrected chi connectivity index (χ3v) is 3.43. The zero-order valence-electron chi connectivity index (χ0n) is 11.0. The highest BCUT2D eigenvalue weighted by atomic mass is 79.9. The summed E-state index contributed by atoms with van der Waals surface area (Å²) >= 11 is 3.44. The molecule has 0 amide bonds. The molecule has 0 aromatic carbocycles. The number of halogens is 1. The molecule has 0 aliphatic rings. The number of rotatable bonds is 5. The molecule has 19 heavy (non-hydrogen) atoms. The Balaban J connectivity index is 2.26. The lowest BCUT2D eigenvalue weighted by molar-refractivity contribution is 0.200. The summed E-state index contributed by atoms with van der Waals surface area (Å²) in [7, 11) is 4.01. The molecule has 5 nitrogen and oxygen atoms in total. The predicted octanol–water partition coefficient (Wildman–Crippen LogP) is 1.68. The maximum atomic E-state index is 10.4. The zero-order chi connectivity index (χ0) is 13.8. The molecular formula is C13H17BrN4O. The summed E-state index contributed by atoms with van der Waals surface area (Å²) in [6.07, 6.45) is 2.60. The summed E-state index contributed by atoms with van der Waals surface area (Å²) < 4.78 is 2.60. The van der Waals surface area contributed by atoms with E-state index < -0.39 is 6.10 Å². The van der Waals surface area contributed by atoms with Crippen molar-refractivity contribution < 1.29 is 5.11 Å². The highest BCUT2D eigenvalue weighted by Gasteiger charge is 2.20. The first-order chi connectivity index (χ1) is 9.09. The molecule has 6 heteroatoms. The van der Waals surface area contributed by atoms with Crippen LogP contribution in [0.3, 0.4) is 0 Å². The van der Waals surface area contributed by atoms with Crippen molar-refractivity contribution in [2.75, 3.05) is 20.6 Å². The Morgan fingerprint density at radius 2 is 2.21 bits per heavy atom. The van der Waals surface area contributed by atoms with Crippen LogP contribution in [-0.4, -0.2) is 45.4 Å². The van der Waals surface area contributed by atoms with E-state index in [4.69, 9.17) is 0 Å². The topological polar surface area (TPSA) is 54.2 Å². The number of hydrogen-bond donors (Lipinski definition) is 1. The van der Waals surface area contributed by atoms with E-state index in [0.29, 0.717) is 5.69 Å². The molecule has 0 saturated heterocycles. The molecule has 0 bridgehead atoms. The molecule has 2 heterocycles. The first-order valence-electron chi connectivity index (χ1n) is 6.04. The lowest BCUT2D eigenvalue weighted by Gasteiger charge is -2.15. The fourth-order valence-electron chi connectivity index (χ4n) is 1.79. The van der Waals surface area contributed by atoms with E-state index in [-0.39, 0.29) is 0 Å². The summed E-state index contributed by atoms with van der Waals surface area (Å²) in [6.45, 7) is 1.58. The Morgan fingerprint density at radius 3 is 2.84 bits per heavy atom. The standard InChI is InChI=1S/C13H17BrN4O/c1-17(2)7-8-18-12(10(14)9-16-18)13(19)11-5-3-4-6-15-11/h3-6,9,13,19H,7-8H2,1-2H3. The van der Waals surface area contributed by atoms with Gasteiger partial charge in [0, 0.05) is 12.7 Å². The Labute approximate surface area is 121 Å². The summed E-state index contributed by atoms with van der Waals surface area (Å²) in [6, 6.07) is 5.50. The zero-order valence-corrected chi connectivity index (χ0v) is 12.6. The molecule has 0 spiro atoms. The van der Waals surface area contributed by atoms with Crippen LogP contribution in [0.4, 0.5) is 0 Å². The van der Waals surface area contributed by atoms with Gasteiger partial charge in [-0.3, -0.25) is 9.67 Å². The van der Waals surface area contributed by atoms with E-state index in [1.807, 2.05) is 30.9 Å². The van der Waals surface area contributed by atoms with Gasteiger partial charge in [-0.25, -0.2) is 0 Å². The molecule has 102 valence electrons. The lowest BCUT2D eigenvalue weighted by atomic mass is 10.1. The molecule has 0 saturated carbocycles. The molecule has 2 rings (SSSR count). The minimum Gasteiger partial charge on any atom is -0.380 e. The molecule has 1 unspecified atom stereocenters. The summed E-state index contributed by atoms with van der Waals surface area (Å²) in [5.41, 5.74) is 1.36. The van der Waals surface area contributed by atoms with Gasteiger partial charge in [-0.2, -0.15) is 5.10 Å². The van der Waals surface area contributed by atoms with Gasteiger partial charge in [0.05, 0.1) is 28.6 Å². The molecule has 1 N–H and O–H groups in total. The van der Waals surface area contributed by atoms with Crippen molar-refractivity contribution in [1.82, 2.24) is 19.7 Å². The minimum atomic E-state index is -0.778. The Bertz CT molecular complexity index is 527. The number of likely N-dealkylation sites (N-methyl/N-ethyl adjacent to an activating group) is 1. The van der Waals surface area contributed by atoms with Gasteiger partial charge in [0.2, 0.25) is 0 Å². The van der Waals surface area contributed by atoms with Crippen molar-refractivity contribution in [2.45, 2.75) is 12.6 Å². The Kier molecular flexibility index (Phi) is 4.68. The van der Waals surface area contributed by atoms with Crippen molar-refractivity contribution >= 4 is 15.9 Å². The van der Waals surface area contributed by atoms with Crippen LogP contribution in [0.2, 0.25) is 0 Å². The van der Waals surface area contributed by atoms with Crippen molar-refractivity contribution in [3.8, 4) is 0 Å². The number of aliphatic hydroxyl groups is 1. The number of pyridine rings is 1. The summed E-state index contributed by atoms with van der Waals surface area (Å²) in [4.78, 5) is 6.27. The van der Waals surface area contributed by atoms with E-state index in [2.05, 4.69) is 30.9 Å². The van der Waals surface area contributed by atoms with Gasteiger partial charge in [0.1, 0.15) is 6.10 Å². The van der Waals surface area contributed by atoms with Crippen LogP contribution < -0.4 is 0 Å². The monoisotopic (exact) mass is 324 g/mol. The van der Waals surface area contributed by atoms with E-state index in [1.54, 1.807) is 18.5 Å². The van der Waals surface area contributed by atoms with Crippen molar-refractivity contribution in [1.29, 1.82) is 0 Å². The molecule has 2 aromatic rings. The van der Waals surface area contributed by atoms with Crippen LogP contribution in [0.15, 0.2) is 35.1 Å². The number of aromatic nitrogens is 3. The third-order valence-electron chi connectivity index (χ3n) is 2.82. The largest absolute Gasteiger partial charge is 0.380 e. The lowest BCUT2D eigenvalue weighted by Crippen LogP contribution is -2.21. The second-order valence-electron chi connectivity index (χ2n) is 4.56. The van der Waals surface area contributed by atoms with E-state index in [0.717, 1.165) is 23.3 Å². The molecule has 1 atom stereocenters. The average Bonchev–Trinajstić information content (AvgIpc) is 2.78. The Morgan fingerprint density at radius 1 is 1.42 bits per heavy atom. The second kappa shape index (κ2) is 6.27. The van der Waals surface area contributed by atoms with Crippen LogP contribution in [0.25, 0.3) is 0 Å². The number of hydrogen-bond acceptors (Lipinski definition) is 4. The van der Waals surface area contributed by atoms with Crippen LogP contribution in [-0.2, 0) is 6.54 Å². The van der Waals surface area contributed by atoms with E-state index in [9.17, 15) is 5.11 Å². The molecule has 0 radical (unpaired) electrons. The van der Waals surface area contributed by atoms with Gasteiger partial charge in [-0.1, -0.05) is 6.07 Å². The van der Waals surface area contributed by atoms with E-state index >= 15 is 0 Å². The molecular weight excluding hydrogens is 308 g/mol. The van der Waals surface area contributed by atoms with Gasteiger partial charge in [0.15, 0.2) is 0 Å². The van der Waals surface area contributed by atoms with Crippen molar-refractivity contribution in [3.63, 3.8) is 0 Å². The first kappa shape index (κ1) is 14.2. The first-order valence-corrected chi connectivity index (χ1v) is 6.84. The van der Waals surface area contributed by atoms with E-state index in [1.165, 1.54) is 0 Å². The van der Waals surface area contributed by atoms with Crippen molar-refractivity contribution in [3.05, 3.63) is 46.5 Å². The quantitative estimate of drug-likeness (QED) is 0.909. The SMILES string of the molecule is CN(C)CCn1ncc(Br)c1C(O)c1ccccn1. The normalized spacial score (nSPS) is 12.9. The molecule has 2 aromatic heterocycles. The van der Waals surface area contributed by atoms with Gasteiger partial charge < -0.3 is 10.0 Å². The van der Waals surface area contributed by atoms with Crippen LogP contribution >= 0.6 is 15.9 Å². The number of aliphatic hydroxyl groups excluding tert-OH is 1. The highest BCUT2D eigenvalue weighted by molar-refractivity contribution is 9.10. The highest BCUT2D eigenvalue weighted by Crippen LogP contribution is 2.27. The van der Waals surface area contributed by atoms with Crippen molar-refractivity contribution in [2.24, 2.45) is 0 Å². The van der Waals surface area contributed by atoms with Gasteiger partial charge in [0.25, 0.3) is 0 Å². The maximum absolute atomic E-state index is 10.4. The average molecular weight is 325 g/mol.